The predicted molar refractivity (Wildman–Crippen MR) is 73.6 cm³/mol. The van der Waals surface area contributed by atoms with E-state index in [2.05, 4.69) is 5.32 Å². The van der Waals surface area contributed by atoms with Crippen molar-refractivity contribution in [3.8, 4) is 5.75 Å². The third-order valence-corrected chi connectivity index (χ3v) is 2.72. The molecule has 0 radical (unpaired) electrons. The summed E-state index contributed by atoms with van der Waals surface area (Å²) < 4.78 is 4.95. The zero-order chi connectivity index (χ0) is 15.8. The SMILES string of the molecule is O=C(O)COc1ccc(C[C@H](NC(=O)CCl)C(=O)O)cc1. The molecule has 7 nitrogen and oxygen atoms in total. The summed E-state index contributed by atoms with van der Waals surface area (Å²) in [5, 5.41) is 19.8. The fourth-order valence-electron chi connectivity index (χ4n) is 1.54. The van der Waals surface area contributed by atoms with Gasteiger partial charge in [0.1, 0.15) is 17.7 Å². The molecule has 0 fully saturated rings. The van der Waals surface area contributed by atoms with E-state index in [9.17, 15) is 14.4 Å². The number of carboxylic acid groups (broad SMARTS) is 2. The van der Waals surface area contributed by atoms with Crippen LogP contribution in [0.4, 0.5) is 0 Å². The summed E-state index contributed by atoms with van der Waals surface area (Å²) in [6, 6.07) is 5.17. The zero-order valence-electron chi connectivity index (χ0n) is 10.9. The minimum atomic E-state index is -1.17. The van der Waals surface area contributed by atoms with Crippen LogP contribution >= 0.6 is 11.6 Å². The Labute approximate surface area is 125 Å². The van der Waals surface area contributed by atoms with Crippen molar-refractivity contribution in [2.24, 2.45) is 0 Å². The highest BCUT2D eigenvalue weighted by atomic mass is 35.5. The smallest absolute Gasteiger partial charge is 0.341 e. The Bertz CT molecular complexity index is 516. The molecule has 1 atom stereocenters. The lowest BCUT2D eigenvalue weighted by molar-refractivity contribution is -0.141. The second-order valence-corrected chi connectivity index (χ2v) is 4.39. The van der Waals surface area contributed by atoms with Gasteiger partial charge in [-0.2, -0.15) is 0 Å². The Morgan fingerprint density at radius 1 is 1.19 bits per heavy atom. The van der Waals surface area contributed by atoms with Gasteiger partial charge in [-0.1, -0.05) is 12.1 Å². The first-order valence-electron chi connectivity index (χ1n) is 5.94. The van der Waals surface area contributed by atoms with E-state index in [1.165, 1.54) is 12.1 Å². The molecule has 0 heterocycles. The molecule has 0 aromatic heterocycles. The largest absolute Gasteiger partial charge is 0.482 e. The number of nitrogens with one attached hydrogen (secondary N) is 1. The minimum Gasteiger partial charge on any atom is -0.482 e. The van der Waals surface area contributed by atoms with Crippen LogP contribution in [0.1, 0.15) is 5.56 Å². The van der Waals surface area contributed by atoms with Crippen molar-refractivity contribution in [3.63, 3.8) is 0 Å². The van der Waals surface area contributed by atoms with Gasteiger partial charge in [0.15, 0.2) is 6.61 Å². The van der Waals surface area contributed by atoms with Crippen LogP contribution in [0.25, 0.3) is 0 Å². The van der Waals surface area contributed by atoms with Crippen LogP contribution in [0.5, 0.6) is 5.75 Å². The standard InChI is InChI=1S/C13H14ClNO6/c14-6-11(16)15-10(13(19)20)5-8-1-3-9(4-2-8)21-7-12(17)18/h1-4,10H,5-7H2,(H,15,16)(H,17,18)(H,19,20)/t10-/m0/s1. The Hall–Kier alpha value is -2.28. The topological polar surface area (TPSA) is 113 Å². The monoisotopic (exact) mass is 315 g/mol. The number of halogens is 1. The van der Waals surface area contributed by atoms with Gasteiger partial charge in [0.25, 0.3) is 0 Å². The third-order valence-electron chi connectivity index (χ3n) is 2.48. The molecule has 3 N–H and O–H groups in total. The maximum atomic E-state index is 11.1. The fourth-order valence-corrected chi connectivity index (χ4v) is 1.61. The summed E-state index contributed by atoms with van der Waals surface area (Å²) in [6.07, 6.45) is 0.0805. The Balaban J connectivity index is 2.65. The molecule has 0 aliphatic rings. The maximum absolute atomic E-state index is 11.1. The van der Waals surface area contributed by atoms with Crippen LogP contribution < -0.4 is 10.1 Å². The van der Waals surface area contributed by atoms with E-state index in [-0.39, 0.29) is 12.3 Å². The van der Waals surface area contributed by atoms with Gasteiger partial charge in [-0.05, 0) is 17.7 Å². The van der Waals surface area contributed by atoms with E-state index >= 15 is 0 Å². The summed E-state index contributed by atoms with van der Waals surface area (Å²) in [7, 11) is 0. The average Bonchev–Trinajstić information content (AvgIpc) is 2.45. The summed E-state index contributed by atoms with van der Waals surface area (Å²) >= 11 is 5.32. The molecule has 1 aromatic rings. The van der Waals surface area contributed by atoms with Crippen molar-refractivity contribution in [1.29, 1.82) is 0 Å². The number of ether oxygens (including phenoxy) is 1. The normalized spacial score (nSPS) is 11.5. The highest BCUT2D eigenvalue weighted by Crippen LogP contribution is 2.13. The first-order chi connectivity index (χ1) is 9.92. The predicted octanol–water partition coefficient (Wildman–Crippen LogP) is 0.501. The van der Waals surface area contributed by atoms with E-state index in [1.54, 1.807) is 12.1 Å². The second kappa shape index (κ2) is 8.11. The zero-order valence-corrected chi connectivity index (χ0v) is 11.7. The summed E-state index contributed by atoms with van der Waals surface area (Å²) in [5.41, 5.74) is 0.653. The molecule has 0 spiro atoms. The highest BCUT2D eigenvalue weighted by Gasteiger charge is 2.19. The number of amides is 1. The van der Waals surface area contributed by atoms with Gasteiger partial charge in [0.05, 0.1) is 0 Å². The number of hydrogen-bond acceptors (Lipinski definition) is 4. The lowest BCUT2D eigenvalue weighted by Crippen LogP contribution is -2.42. The quantitative estimate of drug-likeness (QED) is 0.602. The van der Waals surface area contributed by atoms with Crippen LogP contribution in [0, 0.1) is 0 Å². The average molecular weight is 316 g/mol. The number of aliphatic carboxylic acids is 2. The molecular formula is C13H14ClNO6. The Kier molecular flexibility index (Phi) is 6.48. The Morgan fingerprint density at radius 3 is 2.29 bits per heavy atom. The molecule has 0 aliphatic heterocycles. The number of carbonyl (C=O) groups is 3. The summed E-state index contributed by atoms with van der Waals surface area (Å²) in [5.74, 6) is -2.78. The van der Waals surface area contributed by atoms with Crippen molar-refractivity contribution in [1.82, 2.24) is 5.32 Å². The number of benzene rings is 1. The summed E-state index contributed by atoms with van der Waals surface area (Å²) in [4.78, 5) is 32.5. The molecule has 0 saturated heterocycles. The van der Waals surface area contributed by atoms with Gasteiger partial charge in [0.2, 0.25) is 5.91 Å². The van der Waals surface area contributed by atoms with Crippen molar-refractivity contribution in [2.45, 2.75) is 12.5 Å². The fraction of sp³-hybridized carbons (Fsp3) is 0.308. The van der Waals surface area contributed by atoms with Gasteiger partial charge in [-0.3, -0.25) is 4.79 Å². The lowest BCUT2D eigenvalue weighted by Gasteiger charge is -2.14. The van der Waals surface area contributed by atoms with E-state index in [1.807, 2.05) is 0 Å². The summed E-state index contributed by atoms with van der Waals surface area (Å²) in [6.45, 7) is -0.455. The molecule has 21 heavy (non-hydrogen) atoms. The van der Waals surface area contributed by atoms with Gasteiger partial charge in [0, 0.05) is 6.42 Å². The lowest BCUT2D eigenvalue weighted by atomic mass is 10.1. The van der Waals surface area contributed by atoms with Gasteiger partial charge >= 0.3 is 11.9 Å². The third kappa shape index (κ3) is 6.13. The van der Waals surface area contributed by atoms with E-state index in [4.69, 9.17) is 26.6 Å². The van der Waals surface area contributed by atoms with E-state index in [0.717, 1.165) is 0 Å². The van der Waals surface area contributed by atoms with Gasteiger partial charge in [-0.15, -0.1) is 11.6 Å². The number of hydrogen-bond donors (Lipinski definition) is 3. The number of carboxylic acids is 2. The first-order valence-corrected chi connectivity index (χ1v) is 6.47. The van der Waals surface area contributed by atoms with Crippen LogP contribution in [-0.2, 0) is 20.8 Å². The number of rotatable bonds is 8. The van der Waals surface area contributed by atoms with E-state index in [0.29, 0.717) is 11.3 Å². The second-order valence-electron chi connectivity index (χ2n) is 4.12. The molecule has 1 amide bonds. The van der Waals surface area contributed by atoms with Gasteiger partial charge < -0.3 is 20.3 Å². The Morgan fingerprint density at radius 2 is 1.81 bits per heavy atom. The van der Waals surface area contributed by atoms with E-state index < -0.39 is 30.5 Å². The molecule has 1 aromatic carbocycles. The number of carbonyl (C=O) groups excluding carboxylic acids is 1. The molecule has 1 rings (SSSR count). The molecule has 0 bridgehead atoms. The van der Waals surface area contributed by atoms with Crippen LogP contribution in [0.15, 0.2) is 24.3 Å². The maximum Gasteiger partial charge on any atom is 0.341 e. The van der Waals surface area contributed by atoms with Crippen LogP contribution in [-0.4, -0.2) is 46.6 Å². The van der Waals surface area contributed by atoms with Crippen molar-refractivity contribution >= 4 is 29.4 Å². The highest BCUT2D eigenvalue weighted by molar-refractivity contribution is 6.27. The molecule has 0 saturated carbocycles. The van der Waals surface area contributed by atoms with Crippen molar-refractivity contribution < 1.29 is 29.3 Å². The van der Waals surface area contributed by atoms with Crippen LogP contribution in [0.3, 0.4) is 0 Å². The molecule has 8 heteroatoms. The minimum absolute atomic E-state index is 0.0805. The molecule has 114 valence electrons. The van der Waals surface area contributed by atoms with Gasteiger partial charge in [-0.25, -0.2) is 9.59 Å². The van der Waals surface area contributed by atoms with Crippen LogP contribution in [0.2, 0.25) is 0 Å². The van der Waals surface area contributed by atoms with Crippen molar-refractivity contribution in [2.75, 3.05) is 12.5 Å². The number of alkyl halides is 1. The molecule has 0 aliphatic carbocycles. The van der Waals surface area contributed by atoms with Crippen molar-refractivity contribution in [3.05, 3.63) is 29.8 Å². The molecular weight excluding hydrogens is 302 g/mol. The first kappa shape index (κ1) is 16.8. The molecule has 0 unspecified atom stereocenters.